The Labute approximate surface area is 156 Å². The van der Waals surface area contributed by atoms with E-state index in [-0.39, 0.29) is 18.2 Å². The lowest BCUT2D eigenvalue weighted by molar-refractivity contribution is -0.119. The number of hydrogen-bond donors (Lipinski definition) is 3. The number of carbonyl (C=O) groups excluding carboxylic acids is 1. The molecule has 126 valence electrons. The molecule has 0 saturated heterocycles. The molecule has 0 radical (unpaired) electrons. The Hall–Kier alpha value is -2.06. The zero-order valence-electron chi connectivity index (χ0n) is 12.7. The van der Waals surface area contributed by atoms with Crippen LogP contribution in [0.25, 0.3) is 0 Å². The zero-order valence-corrected chi connectivity index (χ0v) is 15.9. The predicted octanol–water partition coefficient (Wildman–Crippen LogP) is 3.49. The molecule has 3 N–H and O–H groups in total. The van der Waals surface area contributed by atoms with Gasteiger partial charge in [0.15, 0.2) is 0 Å². The Kier molecular flexibility index (Phi) is 6.62. The van der Waals surface area contributed by atoms with Crippen molar-refractivity contribution < 1.29 is 14.6 Å². The number of nitrogens with one attached hydrogen (secondary N) is 2. The summed E-state index contributed by atoms with van der Waals surface area (Å²) in [6.45, 7) is 0.0461. The molecule has 0 bridgehead atoms. The Bertz CT molecular complexity index is 766. The summed E-state index contributed by atoms with van der Waals surface area (Å²) in [5.41, 5.74) is 3.77. The molecule has 24 heavy (non-hydrogen) atoms. The minimum Gasteiger partial charge on any atom is -0.507 e. The van der Waals surface area contributed by atoms with Gasteiger partial charge in [-0.15, -0.1) is 0 Å². The molecule has 0 fully saturated rings. The molecular weight excluding hydrogens is 442 g/mol. The molecule has 0 aliphatic heterocycles. The number of benzene rings is 2. The van der Waals surface area contributed by atoms with Crippen LogP contribution in [0.1, 0.15) is 5.56 Å². The van der Waals surface area contributed by atoms with Crippen LogP contribution in [-0.2, 0) is 4.79 Å². The highest BCUT2D eigenvalue weighted by Crippen LogP contribution is 2.29. The van der Waals surface area contributed by atoms with Gasteiger partial charge < -0.3 is 15.2 Å². The summed E-state index contributed by atoms with van der Waals surface area (Å²) in [6, 6.07) is 10.5. The van der Waals surface area contributed by atoms with Gasteiger partial charge in [-0.3, -0.25) is 4.79 Å². The number of aromatic hydroxyl groups is 1. The van der Waals surface area contributed by atoms with Gasteiger partial charge in [-0.25, -0.2) is 5.43 Å². The number of nitrogens with zero attached hydrogens (tertiary/aromatic N) is 1. The number of phenols is 1. The molecule has 1 amide bonds. The van der Waals surface area contributed by atoms with Crippen molar-refractivity contribution in [2.24, 2.45) is 5.10 Å². The van der Waals surface area contributed by atoms with Gasteiger partial charge in [-0.1, -0.05) is 28.1 Å². The first-order valence-corrected chi connectivity index (χ1v) is 8.46. The minimum atomic E-state index is -0.311. The first-order valence-electron chi connectivity index (χ1n) is 6.88. The molecule has 0 saturated carbocycles. The van der Waals surface area contributed by atoms with Crippen molar-refractivity contribution >= 4 is 49.7 Å². The van der Waals surface area contributed by atoms with Crippen molar-refractivity contribution in [1.82, 2.24) is 5.43 Å². The van der Waals surface area contributed by atoms with Gasteiger partial charge in [0, 0.05) is 10.0 Å². The van der Waals surface area contributed by atoms with E-state index in [2.05, 4.69) is 47.7 Å². The van der Waals surface area contributed by atoms with Crippen LogP contribution in [-0.4, -0.2) is 30.9 Å². The van der Waals surface area contributed by atoms with Gasteiger partial charge in [0.05, 0.1) is 30.0 Å². The maximum atomic E-state index is 11.8. The quantitative estimate of drug-likeness (QED) is 0.459. The monoisotopic (exact) mass is 455 g/mol. The van der Waals surface area contributed by atoms with E-state index in [0.717, 1.165) is 10.2 Å². The summed E-state index contributed by atoms with van der Waals surface area (Å²) < 4.78 is 6.49. The third kappa shape index (κ3) is 4.97. The third-order valence-corrected chi connectivity index (χ3v) is 4.33. The number of phenolic OH excluding ortho intramolecular Hbond substituents is 1. The number of carbonyl (C=O) groups is 1. The molecule has 2 aromatic rings. The van der Waals surface area contributed by atoms with Crippen LogP contribution in [0.4, 0.5) is 5.69 Å². The van der Waals surface area contributed by atoms with Crippen molar-refractivity contribution in [2.75, 3.05) is 19.0 Å². The molecular formula is C16H15Br2N3O3. The number of para-hydroxylation sites is 2. The van der Waals surface area contributed by atoms with Crippen molar-refractivity contribution in [3.63, 3.8) is 0 Å². The van der Waals surface area contributed by atoms with Crippen molar-refractivity contribution in [3.8, 4) is 11.5 Å². The summed E-state index contributed by atoms with van der Waals surface area (Å²) >= 11 is 6.57. The molecule has 0 atom stereocenters. The van der Waals surface area contributed by atoms with Gasteiger partial charge >= 0.3 is 0 Å². The summed E-state index contributed by atoms with van der Waals surface area (Å²) in [4.78, 5) is 11.8. The molecule has 0 heterocycles. The maximum absolute atomic E-state index is 11.8. The van der Waals surface area contributed by atoms with Crippen molar-refractivity contribution in [3.05, 3.63) is 50.9 Å². The van der Waals surface area contributed by atoms with Crippen LogP contribution >= 0.6 is 31.9 Å². The number of anilines is 1. The Morgan fingerprint density at radius 3 is 2.79 bits per heavy atom. The Morgan fingerprint density at radius 1 is 1.29 bits per heavy atom. The number of hydrazone groups is 1. The summed E-state index contributed by atoms with van der Waals surface area (Å²) in [7, 11) is 1.57. The topological polar surface area (TPSA) is 83.0 Å². The summed E-state index contributed by atoms with van der Waals surface area (Å²) in [6.07, 6.45) is 1.44. The average molecular weight is 457 g/mol. The van der Waals surface area contributed by atoms with Crippen LogP contribution in [0.15, 0.2) is 50.4 Å². The number of amides is 1. The van der Waals surface area contributed by atoms with E-state index in [1.165, 1.54) is 12.3 Å². The first-order chi connectivity index (χ1) is 11.5. The van der Waals surface area contributed by atoms with Crippen molar-refractivity contribution in [1.29, 1.82) is 0 Å². The van der Waals surface area contributed by atoms with E-state index in [9.17, 15) is 9.90 Å². The molecule has 8 heteroatoms. The summed E-state index contributed by atoms with van der Waals surface area (Å²) in [5, 5.41) is 16.5. The van der Waals surface area contributed by atoms with Gasteiger partial charge in [-0.2, -0.15) is 5.10 Å². The first kappa shape index (κ1) is 18.3. The van der Waals surface area contributed by atoms with Crippen LogP contribution in [0, 0.1) is 0 Å². The fraction of sp³-hybridized carbons (Fsp3) is 0.125. The predicted molar refractivity (Wildman–Crippen MR) is 101 cm³/mol. The van der Waals surface area contributed by atoms with Gasteiger partial charge in [-0.05, 0) is 40.2 Å². The molecule has 2 rings (SSSR count). The lowest BCUT2D eigenvalue weighted by Crippen LogP contribution is -2.26. The number of hydrogen-bond acceptors (Lipinski definition) is 5. The van der Waals surface area contributed by atoms with Crippen LogP contribution in [0.2, 0.25) is 0 Å². The van der Waals surface area contributed by atoms with E-state index in [1.54, 1.807) is 19.2 Å². The molecule has 0 aliphatic rings. The molecule has 0 aromatic heterocycles. The lowest BCUT2D eigenvalue weighted by Gasteiger charge is -2.09. The highest BCUT2D eigenvalue weighted by Gasteiger charge is 2.05. The van der Waals surface area contributed by atoms with E-state index in [0.29, 0.717) is 15.8 Å². The third-order valence-electron chi connectivity index (χ3n) is 3.01. The molecule has 0 aliphatic carbocycles. The second-order valence-electron chi connectivity index (χ2n) is 4.67. The second-order valence-corrected chi connectivity index (χ2v) is 6.38. The van der Waals surface area contributed by atoms with Crippen LogP contribution in [0.3, 0.4) is 0 Å². The molecule has 0 unspecified atom stereocenters. The lowest BCUT2D eigenvalue weighted by atomic mass is 10.2. The van der Waals surface area contributed by atoms with E-state index >= 15 is 0 Å². The molecule has 0 spiro atoms. The Morgan fingerprint density at radius 2 is 2.04 bits per heavy atom. The standard InChI is InChI=1S/C16H15Br2N3O3/c1-24-15-5-3-2-4-13(15)19-9-16(23)21-20-8-10-6-14(22)12(18)7-11(10)17/h2-8,19,22H,9H2,1H3,(H,21,23)/b20-8+. The fourth-order valence-electron chi connectivity index (χ4n) is 1.83. The average Bonchev–Trinajstić information content (AvgIpc) is 2.57. The highest BCUT2D eigenvalue weighted by atomic mass is 79.9. The smallest absolute Gasteiger partial charge is 0.259 e. The Balaban J connectivity index is 1.90. The highest BCUT2D eigenvalue weighted by molar-refractivity contribution is 9.11. The van der Waals surface area contributed by atoms with Crippen LogP contribution in [0.5, 0.6) is 11.5 Å². The largest absolute Gasteiger partial charge is 0.507 e. The van der Waals surface area contributed by atoms with E-state index in [4.69, 9.17) is 4.74 Å². The summed E-state index contributed by atoms with van der Waals surface area (Å²) in [5.74, 6) is 0.432. The number of halogens is 2. The van der Waals surface area contributed by atoms with Gasteiger partial charge in [0.1, 0.15) is 11.5 Å². The van der Waals surface area contributed by atoms with Crippen molar-refractivity contribution in [2.45, 2.75) is 0 Å². The minimum absolute atomic E-state index is 0.0461. The number of rotatable bonds is 6. The fourth-order valence-corrected chi connectivity index (χ4v) is 2.93. The number of ether oxygens (including phenoxy) is 1. The normalized spacial score (nSPS) is 10.6. The van der Waals surface area contributed by atoms with E-state index < -0.39 is 0 Å². The SMILES string of the molecule is COc1ccccc1NCC(=O)N/N=C/c1cc(O)c(Br)cc1Br. The second kappa shape index (κ2) is 8.70. The van der Waals surface area contributed by atoms with Gasteiger partial charge in [0.25, 0.3) is 5.91 Å². The maximum Gasteiger partial charge on any atom is 0.259 e. The van der Waals surface area contributed by atoms with Gasteiger partial charge in [0.2, 0.25) is 0 Å². The van der Waals surface area contributed by atoms with E-state index in [1.807, 2.05) is 18.2 Å². The zero-order chi connectivity index (χ0) is 17.5. The molecule has 6 nitrogen and oxygen atoms in total. The number of methoxy groups -OCH3 is 1. The molecule has 2 aromatic carbocycles. The van der Waals surface area contributed by atoms with Crippen LogP contribution < -0.4 is 15.5 Å².